The van der Waals surface area contributed by atoms with Crippen LogP contribution in [-0.2, 0) is 0 Å². The average molecular weight is 366 g/mol. The molecule has 1 aromatic heterocycles. The van der Waals surface area contributed by atoms with Crippen LogP contribution >= 0.6 is 0 Å². The van der Waals surface area contributed by atoms with Crippen LogP contribution in [0.5, 0.6) is 17.2 Å². The highest BCUT2D eigenvalue weighted by Gasteiger charge is 2.13. The number of carbonyl (C=O) groups is 1. The topological polar surface area (TPSA) is 109 Å². The summed E-state index contributed by atoms with van der Waals surface area (Å²) >= 11 is 0. The van der Waals surface area contributed by atoms with Crippen molar-refractivity contribution in [2.75, 3.05) is 14.2 Å². The highest BCUT2D eigenvalue weighted by Crippen LogP contribution is 2.28. The van der Waals surface area contributed by atoms with E-state index >= 15 is 0 Å². The summed E-state index contributed by atoms with van der Waals surface area (Å²) in [6.07, 6.45) is 1.44. The molecule has 27 heavy (non-hydrogen) atoms. The Kier molecular flexibility index (Phi) is 5.36. The van der Waals surface area contributed by atoms with Crippen molar-refractivity contribution < 1.29 is 19.4 Å². The van der Waals surface area contributed by atoms with Crippen LogP contribution in [0.3, 0.4) is 0 Å². The van der Waals surface area contributed by atoms with Gasteiger partial charge in [-0.05, 0) is 42.0 Å². The quantitative estimate of drug-likeness (QED) is 0.459. The molecule has 138 valence electrons. The summed E-state index contributed by atoms with van der Waals surface area (Å²) in [6, 6.07) is 13.7. The Balaban J connectivity index is 1.70. The zero-order valence-electron chi connectivity index (χ0n) is 14.8. The fraction of sp³-hybridized carbons (Fsp3) is 0.105. The van der Waals surface area contributed by atoms with Crippen molar-refractivity contribution in [3.63, 3.8) is 0 Å². The van der Waals surface area contributed by atoms with Gasteiger partial charge in [-0.1, -0.05) is 12.1 Å². The van der Waals surface area contributed by atoms with E-state index in [1.165, 1.54) is 19.4 Å². The maximum Gasteiger partial charge on any atom is 0.289 e. The number of nitrogens with one attached hydrogen (secondary N) is 2. The number of methoxy groups -OCH3 is 2. The maximum absolute atomic E-state index is 12.2. The number of ether oxygens (including phenoxy) is 2. The number of hydrogen-bond donors (Lipinski definition) is 3. The molecule has 3 rings (SSSR count). The number of para-hydroxylation sites is 1. The van der Waals surface area contributed by atoms with Crippen molar-refractivity contribution in [2.45, 2.75) is 0 Å². The van der Waals surface area contributed by atoms with Gasteiger partial charge in [-0.25, -0.2) is 5.43 Å². The van der Waals surface area contributed by atoms with Gasteiger partial charge < -0.3 is 14.6 Å². The fourth-order valence-electron chi connectivity index (χ4n) is 2.43. The molecule has 8 nitrogen and oxygen atoms in total. The van der Waals surface area contributed by atoms with Gasteiger partial charge in [-0.3, -0.25) is 9.89 Å². The minimum absolute atomic E-state index is 0.0278. The summed E-state index contributed by atoms with van der Waals surface area (Å²) in [6.45, 7) is 0. The predicted molar refractivity (Wildman–Crippen MR) is 100 cm³/mol. The number of nitrogens with zero attached hydrogens (tertiary/aromatic N) is 2. The van der Waals surface area contributed by atoms with Crippen molar-refractivity contribution in [1.82, 2.24) is 15.6 Å². The van der Waals surface area contributed by atoms with E-state index in [9.17, 15) is 9.90 Å². The van der Waals surface area contributed by atoms with Crippen LogP contribution in [0.1, 0.15) is 16.1 Å². The second kappa shape index (κ2) is 8.05. The van der Waals surface area contributed by atoms with E-state index in [1.54, 1.807) is 25.3 Å². The van der Waals surface area contributed by atoms with Crippen LogP contribution in [0.2, 0.25) is 0 Å². The number of phenols is 1. The van der Waals surface area contributed by atoms with E-state index < -0.39 is 5.91 Å². The molecule has 3 N–H and O–H groups in total. The molecular weight excluding hydrogens is 348 g/mol. The Morgan fingerprint density at radius 1 is 1.15 bits per heavy atom. The van der Waals surface area contributed by atoms with Crippen LogP contribution in [0.4, 0.5) is 0 Å². The Morgan fingerprint density at radius 2 is 1.93 bits per heavy atom. The van der Waals surface area contributed by atoms with Gasteiger partial charge in [0.05, 0.1) is 26.1 Å². The van der Waals surface area contributed by atoms with Crippen molar-refractivity contribution in [1.29, 1.82) is 0 Å². The lowest BCUT2D eigenvalue weighted by molar-refractivity contribution is 0.0950. The standard InChI is InChI=1S/C19H18N4O4/c1-26-17-6-4-3-5-13(17)14-10-15(22-21-14)19(25)23-20-11-12-7-8-16(24)18(9-12)27-2/h3-11,24H,1-2H3,(H,21,22)(H,23,25)/b20-11-. The highest BCUT2D eigenvalue weighted by molar-refractivity contribution is 5.94. The minimum atomic E-state index is -0.439. The van der Waals surface area contributed by atoms with E-state index in [0.717, 1.165) is 5.56 Å². The maximum atomic E-state index is 12.2. The Labute approximate surface area is 155 Å². The van der Waals surface area contributed by atoms with Gasteiger partial charge in [-0.2, -0.15) is 10.2 Å². The summed E-state index contributed by atoms with van der Waals surface area (Å²) < 4.78 is 10.3. The van der Waals surface area contributed by atoms with Crippen LogP contribution in [0, 0.1) is 0 Å². The zero-order valence-corrected chi connectivity index (χ0v) is 14.8. The number of hydrazone groups is 1. The molecule has 0 atom stereocenters. The molecule has 0 fully saturated rings. The Morgan fingerprint density at radius 3 is 2.70 bits per heavy atom. The number of hydrogen-bond acceptors (Lipinski definition) is 6. The van der Waals surface area contributed by atoms with Crippen molar-refractivity contribution in [2.24, 2.45) is 5.10 Å². The smallest absolute Gasteiger partial charge is 0.289 e. The molecule has 1 heterocycles. The van der Waals surface area contributed by atoms with Crippen LogP contribution < -0.4 is 14.9 Å². The highest BCUT2D eigenvalue weighted by atomic mass is 16.5. The van der Waals surface area contributed by atoms with Gasteiger partial charge in [0.15, 0.2) is 11.5 Å². The molecule has 0 aliphatic rings. The molecule has 0 saturated carbocycles. The summed E-state index contributed by atoms with van der Waals surface area (Å²) in [4.78, 5) is 12.2. The molecule has 0 unspecified atom stereocenters. The number of amides is 1. The third-order valence-electron chi connectivity index (χ3n) is 3.79. The lowest BCUT2D eigenvalue weighted by Crippen LogP contribution is -2.18. The monoisotopic (exact) mass is 366 g/mol. The van der Waals surface area contributed by atoms with Crippen molar-refractivity contribution in [3.8, 4) is 28.5 Å². The van der Waals surface area contributed by atoms with Crippen LogP contribution in [0.25, 0.3) is 11.3 Å². The fourth-order valence-corrected chi connectivity index (χ4v) is 2.43. The number of benzene rings is 2. The number of carbonyl (C=O) groups excluding carboxylic acids is 1. The molecule has 2 aromatic carbocycles. The third kappa shape index (κ3) is 4.06. The van der Waals surface area contributed by atoms with E-state index in [-0.39, 0.29) is 11.4 Å². The van der Waals surface area contributed by atoms with Gasteiger partial charge in [0.1, 0.15) is 11.4 Å². The summed E-state index contributed by atoms with van der Waals surface area (Å²) in [5.74, 6) is 0.571. The van der Waals surface area contributed by atoms with Crippen molar-refractivity contribution >= 4 is 12.1 Å². The summed E-state index contributed by atoms with van der Waals surface area (Å²) in [5.41, 5.74) is 4.70. The molecule has 0 spiro atoms. The van der Waals surface area contributed by atoms with Crippen LogP contribution in [-0.4, -0.2) is 41.6 Å². The van der Waals surface area contributed by atoms with E-state index in [0.29, 0.717) is 22.8 Å². The van der Waals surface area contributed by atoms with E-state index in [4.69, 9.17) is 9.47 Å². The number of H-pyrrole nitrogens is 1. The Hall–Kier alpha value is -3.81. The first-order valence-electron chi connectivity index (χ1n) is 8.01. The molecule has 0 bridgehead atoms. The molecule has 0 aliphatic heterocycles. The number of aromatic nitrogens is 2. The van der Waals surface area contributed by atoms with E-state index in [1.807, 2.05) is 24.3 Å². The van der Waals surface area contributed by atoms with Crippen LogP contribution in [0.15, 0.2) is 53.6 Å². The molecule has 0 radical (unpaired) electrons. The molecule has 8 heteroatoms. The van der Waals surface area contributed by atoms with Gasteiger partial charge in [0.25, 0.3) is 5.91 Å². The third-order valence-corrected chi connectivity index (χ3v) is 3.79. The Bertz CT molecular complexity index is 981. The SMILES string of the molecule is COc1cc(/C=N\NC(=O)c2cc(-c3ccccc3OC)n[nH]2)ccc1O. The lowest BCUT2D eigenvalue weighted by atomic mass is 10.1. The summed E-state index contributed by atoms with van der Waals surface area (Å²) in [7, 11) is 3.03. The van der Waals surface area contributed by atoms with Gasteiger partial charge in [0.2, 0.25) is 0 Å². The normalized spacial score (nSPS) is 10.7. The number of rotatable bonds is 6. The second-order valence-electron chi connectivity index (χ2n) is 5.50. The largest absolute Gasteiger partial charge is 0.504 e. The second-order valence-corrected chi connectivity index (χ2v) is 5.50. The molecule has 1 amide bonds. The van der Waals surface area contributed by atoms with E-state index in [2.05, 4.69) is 20.7 Å². The first kappa shape index (κ1) is 18.0. The number of aromatic hydroxyl groups is 1. The molecule has 3 aromatic rings. The van der Waals surface area contributed by atoms with Crippen molar-refractivity contribution in [3.05, 3.63) is 59.8 Å². The zero-order chi connectivity index (χ0) is 19.2. The first-order valence-corrected chi connectivity index (χ1v) is 8.01. The van der Waals surface area contributed by atoms with Gasteiger partial charge in [-0.15, -0.1) is 0 Å². The number of phenolic OH excluding ortho intramolecular Hbond substituents is 1. The van der Waals surface area contributed by atoms with Gasteiger partial charge >= 0.3 is 0 Å². The molecule has 0 saturated heterocycles. The lowest BCUT2D eigenvalue weighted by Gasteiger charge is -2.04. The molecular formula is C19H18N4O4. The minimum Gasteiger partial charge on any atom is -0.504 e. The average Bonchev–Trinajstić information content (AvgIpc) is 3.19. The summed E-state index contributed by atoms with van der Waals surface area (Å²) in [5, 5.41) is 20.3. The first-order chi connectivity index (χ1) is 13.1. The molecule has 0 aliphatic carbocycles. The number of aromatic amines is 1. The van der Waals surface area contributed by atoms with Gasteiger partial charge in [0, 0.05) is 5.56 Å². The predicted octanol–water partition coefficient (Wildman–Crippen LogP) is 2.56.